The molecule has 37 heavy (non-hydrogen) atoms. The Labute approximate surface area is 223 Å². The van der Waals surface area contributed by atoms with Crippen molar-refractivity contribution >= 4 is 16.1 Å². The number of carbonyl (C=O) groups excluding carboxylic acids is 1. The fourth-order valence-electron chi connectivity index (χ4n) is 5.97. The zero-order valence-corrected chi connectivity index (χ0v) is 24.0. The molecular formula is C28H46N2O6S. The van der Waals surface area contributed by atoms with E-state index in [1.54, 1.807) is 11.0 Å². The van der Waals surface area contributed by atoms with Crippen molar-refractivity contribution in [2.24, 2.45) is 0 Å². The number of sulfonamides is 1. The van der Waals surface area contributed by atoms with Gasteiger partial charge in [-0.25, -0.2) is 17.9 Å². The van der Waals surface area contributed by atoms with E-state index in [1.807, 2.05) is 52.8 Å². The second kappa shape index (κ2) is 12.3. The number of hydrogen-bond acceptors (Lipinski definition) is 6. The van der Waals surface area contributed by atoms with E-state index in [0.717, 1.165) is 31.2 Å². The van der Waals surface area contributed by atoms with E-state index in [9.17, 15) is 18.3 Å². The molecule has 2 atom stereocenters. The highest BCUT2D eigenvalue weighted by Crippen LogP contribution is 2.40. The predicted octanol–water partition coefficient (Wildman–Crippen LogP) is 5.31. The van der Waals surface area contributed by atoms with E-state index in [4.69, 9.17) is 9.47 Å². The Morgan fingerprint density at radius 1 is 1.11 bits per heavy atom. The largest absolute Gasteiger partial charge is 0.508 e. The number of phenolic OH excluding ortho intramolecular Hbond substituents is 1. The summed E-state index contributed by atoms with van der Waals surface area (Å²) in [6.07, 6.45) is 5.81. The average Bonchev–Trinajstić information content (AvgIpc) is 2.83. The number of para-hydroxylation sites is 1. The van der Waals surface area contributed by atoms with Gasteiger partial charge in [0.2, 0.25) is 10.0 Å². The molecule has 0 radical (unpaired) electrons. The number of phenols is 1. The number of ether oxygens (including phenoxy) is 2. The van der Waals surface area contributed by atoms with Crippen LogP contribution in [0.25, 0.3) is 0 Å². The summed E-state index contributed by atoms with van der Waals surface area (Å²) in [5.74, 6) is 0.768. The molecule has 4 rings (SSSR count). The average molecular weight is 539 g/mol. The van der Waals surface area contributed by atoms with Crippen LogP contribution in [-0.2, 0) is 19.5 Å². The van der Waals surface area contributed by atoms with Crippen molar-refractivity contribution in [3.8, 4) is 5.75 Å². The van der Waals surface area contributed by atoms with Crippen LogP contribution < -0.4 is 4.72 Å². The van der Waals surface area contributed by atoms with Crippen molar-refractivity contribution in [1.82, 2.24) is 9.62 Å². The SMILES string of the molecule is CC.CC(C)(C)OC(=O)N1CCCC2(CCCS(=O)(=O)N2)C1COC1CCC(c2ccccc2O)CC1. The number of amides is 1. The van der Waals surface area contributed by atoms with Gasteiger partial charge in [-0.05, 0) is 89.7 Å². The van der Waals surface area contributed by atoms with Crippen LogP contribution in [0.15, 0.2) is 24.3 Å². The van der Waals surface area contributed by atoms with Crippen LogP contribution in [0.5, 0.6) is 5.75 Å². The number of benzene rings is 1. The molecule has 210 valence electrons. The maximum Gasteiger partial charge on any atom is 0.410 e. The summed E-state index contributed by atoms with van der Waals surface area (Å²) in [7, 11) is -3.40. The van der Waals surface area contributed by atoms with Gasteiger partial charge in [0.1, 0.15) is 11.4 Å². The number of aromatic hydroxyl groups is 1. The van der Waals surface area contributed by atoms with E-state index >= 15 is 0 Å². The summed E-state index contributed by atoms with van der Waals surface area (Å²) in [5, 5.41) is 10.2. The summed E-state index contributed by atoms with van der Waals surface area (Å²) in [6.45, 7) is 10.3. The van der Waals surface area contributed by atoms with Gasteiger partial charge in [-0.2, -0.15) is 0 Å². The molecule has 2 heterocycles. The number of likely N-dealkylation sites (tertiary alicyclic amines) is 1. The van der Waals surface area contributed by atoms with Crippen molar-refractivity contribution in [1.29, 1.82) is 0 Å². The number of piperidine rings is 1. The fraction of sp³-hybridized carbons (Fsp3) is 0.750. The minimum Gasteiger partial charge on any atom is -0.508 e. The number of hydrogen-bond donors (Lipinski definition) is 2. The highest BCUT2D eigenvalue weighted by Gasteiger charge is 2.51. The molecule has 1 aliphatic carbocycles. The Morgan fingerprint density at radius 3 is 2.38 bits per heavy atom. The van der Waals surface area contributed by atoms with Gasteiger partial charge in [-0.1, -0.05) is 32.0 Å². The zero-order chi connectivity index (χ0) is 27.3. The topological polar surface area (TPSA) is 105 Å². The second-order valence-electron chi connectivity index (χ2n) is 11.3. The standard InChI is InChI=1S/C26H40N2O6S.C2H6/c1-25(2,3)34-24(30)28-16-6-14-26(15-7-17-35(31,32)27-26)23(28)18-33-20-12-10-19(11-13-20)21-8-4-5-9-22(21)29;1-2/h4-5,8-9,19-20,23,27,29H,6-7,10-18H2,1-3H3;1-2H3. The molecule has 3 aliphatic rings. The Hall–Kier alpha value is -1.84. The Morgan fingerprint density at radius 2 is 1.76 bits per heavy atom. The van der Waals surface area contributed by atoms with Gasteiger partial charge < -0.3 is 19.5 Å². The smallest absolute Gasteiger partial charge is 0.410 e. The van der Waals surface area contributed by atoms with Crippen LogP contribution in [-0.4, -0.2) is 66.7 Å². The van der Waals surface area contributed by atoms with Gasteiger partial charge in [0.15, 0.2) is 0 Å². The number of nitrogens with zero attached hydrogens (tertiary/aromatic N) is 1. The minimum atomic E-state index is -3.40. The molecule has 1 saturated carbocycles. The maximum atomic E-state index is 13.1. The van der Waals surface area contributed by atoms with Crippen LogP contribution in [0.4, 0.5) is 4.79 Å². The first-order valence-electron chi connectivity index (χ1n) is 13.9. The van der Waals surface area contributed by atoms with Gasteiger partial charge in [-0.3, -0.25) is 0 Å². The third-order valence-electron chi connectivity index (χ3n) is 7.60. The van der Waals surface area contributed by atoms with E-state index in [-0.39, 0.29) is 18.5 Å². The summed E-state index contributed by atoms with van der Waals surface area (Å²) < 4.78 is 40.2. The van der Waals surface area contributed by atoms with Crippen molar-refractivity contribution in [2.45, 2.75) is 115 Å². The summed E-state index contributed by atoms with van der Waals surface area (Å²) in [5.41, 5.74) is -0.371. The molecule has 9 heteroatoms. The Balaban J connectivity index is 0.00000186. The number of nitrogens with one attached hydrogen (secondary N) is 1. The first-order valence-corrected chi connectivity index (χ1v) is 15.5. The van der Waals surface area contributed by atoms with Crippen LogP contribution in [0, 0.1) is 0 Å². The molecule has 2 unspecified atom stereocenters. The van der Waals surface area contributed by atoms with E-state index in [2.05, 4.69) is 4.72 Å². The quantitative estimate of drug-likeness (QED) is 0.538. The van der Waals surface area contributed by atoms with Crippen molar-refractivity contribution in [3.63, 3.8) is 0 Å². The van der Waals surface area contributed by atoms with Crippen LogP contribution >= 0.6 is 0 Å². The number of carbonyl (C=O) groups is 1. The maximum absolute atomic E-state index is 13.1. The molecule has 2 saturated heterocycles. The molecule has 1 aromatic carbocycles. The molecule has 1 spiro atoms. The molecule has 1 aromatic rings. The fourth-order valence-corrected chi connectivity index (χ4v) is 7.56. The normalized spacial score (nSPS) is 29.8. The molecule has 2 aliphatic heterocycles. The first-order chi connectivity index (χ1) is 17.5. The third-order valence-corrected chi connectivity index (χ3v) is 9.14. The lowest BCUT2D eigenvalue weighted by Crippen LogP contribution is -2.69. The molecule has 1 amide bonds. The predicted molar refractivity (Wildman–Crippen MR) is 145 cm³/mol. The lowest BCUT2D eigenvalue weighted by Gasteiger charge is -2.51. The second-order valence-corrected chi connectivity index (χ2v) is 13.2. The Kier molecular flexibility index (Phi) is 9.91. The van der Waals surface area contributed by atoms with Gasteiger partial charge in [0, 0.05) is 6.54 Å². The number of rotatable bonds is 4. The van der Waals surface area contributed by atoms with Crippen LogP contribution in [0.1, 0.15) is 97.5 Å². The molecule has 0 bridgehead atoms. The lowest BCUT2D eigenvalue weighted by atomic mass is 9.78. The van der Waals surface area contributed by atoms with Gasteiger partial charge in [0.25, 0.3) is 0 Å². The van der Waals surface area contributed by atoms with E-state index in [0.29, 0.717) is 43.9 Å². The van der Waals surface area contributed by atoms with Crippen molar-refractivity contribution in [3.05, 3.63) is 29.8 Å². The molecule has 2 N–H and O–H groups in total. The molecule has 8 nitrogen and oxygen atoms in total. The summed E-state index contributed by atoms with van der Waals surface area (Å²) in [4.78, 5) is 14.8. The van der Waals surface area contributed by atoms with Gasteiger partial charge >= 0.3 is 6.09 Å². The van der Waals surface area contributed by atoms with Gasteiger partial charge in [-0.15, -0.1) is 0 Å². The van der Waals surface area contributed by atoms with Gasteiger partial charge in [0.05, 0.1) is 30.0 Å². The highest BCUT2D eigenvalue weighted by atomic mass is 32.2. The highest BCUT2D eigenvalue weighted by molar-refractivity contribution is 7.89. The minimum absolute atomic E-state index is 0.0387. The lowest BCUT2D eigenvalue weighted by molar-refractivity contribution is -0.0589. The van der Waals surface area contributed by atoms with Crippen LogP contribution in [0.2, 0.25) is 0 Å². The first kappa shape index (κ1) is 29.7. The zero-order valence-electron chi connectivity index (χ0n) is 23.2. The van der Waals surface area contributed by atoms with E-state index in [1.165, 1.54) is 0 Å². The van der Waals surface area contributed by atoms with Crippen LogP contribution in [0.3, 0.4) is 0 Å². The summed E-state index contributed by atoms with van der Waals surface area (Å²) in [6, 6.07) is 7.09. The molecule has 3 fully saturated rings. The van der Waals surface area contributed by atoms with Crippen molar-refractivity contribution < 1.29 is 27.8 Å². The third kappa shape index (κ3) is 7.60. The Bertz CT molecular complexity index is 996. The van der Waals surface area contributed by atoms with Crippen molar-refractivity contribution in [2.75, 3.05) is 18.9 Å². The molecular weight excluding hydrogens is 492 g/mol. The monoisotopic (exact) mass is 538 g/mol. The van der Waals surface area contributed by atoms with E-state index < -0.39 is 33.3 Å². The molecule has 0 aromatic heterocycles. The summed E-state index contributed by atoms with van der Waals surface area (Å²) >= 11 is 0.